The summed E-state index contributed by atoms with van der Waals surface area (Å²) in [6.07, 6.45) is 0.481. The molecule has 0 saturated carbocycles. The predicted octanol–water partition coefficient (Wildman–Crippen LogP) is 3.23. The van der Waals surface area contributed by atoms with Gasteiger partial charge in [-0.1, -0.05) is 43.3 Å². The summed E-state index contributed by atoms with van der Waals surface area (Å²) in [5.74, 6) is 1.75. The van der Waals surface area contributed by atoms with Crippen LogP contribution in [-0.4, -0.2) is 12.7 Å². The molecule has 0 spiro atoms. The smallest absolute Gasteiger partial charge is 0.231 e. The van der Waals surface area contributed by atoms with Crippen molar-refractivity contribution in [3.05, 3.63) is 59.7 Å². The summed E-state index contributed by atoms with van der Waals surface area (Å²) in [7, 11) is 0. The SMILES string of the molecule is C[C@@H](CC(=O)NCc1ccc2c(c1)OCO2)c1ccccc1. The molecule has 3 rings (SSSR count). The van der Waals surface area contributed by atoms with Crippen LogP contribution in [0.2, 0.25) is 0 Å². The van der Waals surface area contributed by atoms with Crippen molar-refractivity contribution in [3.8, 4) is 11.5 Å². The molecule has 0 bridgehead atoms. The van der Waals surface area contributed by atoms with Gasteiger partial charge in [0.05, 0.1) is 0 Å². The van der Waals surface area contributed by atoms with Crippen LogP contribution in [0.5, 0.6) is 11.5 Å². The number of fused-ring (bicyclic) bond motifs is 1. The summed E-state index contributed by atoms with van der Waals surface area (Å²) in [5.41, 5.74) is 2.19. The van der Waals surface area contributed by atoms with Gasteiger partial charge >= 0.3 is 0 Å². The number of hydrogen-bond acceptors (Lipinski definition) is 3. The molecule has 4 nitrogen and oxygen atoms in total. The zero-order chi connectivity index (χ0) is 15.4. The summed E-state index contributed by atoms with van der Waals surface area (Å²) < 4.78 is 10.6. The first-order valence-corrected chi connectivity index (χ1v) is 7.42. The molecular formula is C18H19NO3. The van der Waals surface area contributed by atoms with E-state index in [1.807, 2.05) is 36.4 Å². The van der Waals surface area contributed by atoms with Gasteiger partial charge in [-0.3, -0.25) is 4.79 Å². The lowest BCUT2D eigenvalue weighted by Gasteiger charge is -2.12. The Balaban J connectivity index is 1.52. The van der Waals surface area contributed by atoms with Gasteiger partial charge in [-0.2, -0.15) is 0 Å². The lowest BCUT2D eigenvalue weighted by atomic mass is 9.97. The highest BCUT2D eigenvalue weighted by molar-refractivity contribution is 5.76. The second-order valence-corrected chi connectivity index (χ2v) is 5.48. The number of amides is 1. The minimum Gasteiger partial charge on any atom is -0.454 e. The number of carbonyl (C=O) groups excluding carboxylic acids is 1. The van der Waals surface area contributed by atoms with Crippen molar-refractivity contribution in [3.63, 3.8) is 0 Å². The summed E-state index contributed by atoms with van der Waals surface area (Å²) in [6.45, 7) is 2.83. The Morgan fingerprint density at radius 2 is 1.91 bits per heavy atom. The van der Waals surface area contributed by atoms with E-state index in [1.165, 1.54) is 5.56 Å². The Labute approximate surface area is 130 Å². The highest BCUT2D eigenvalue weighted by Gasteiger charge is 2.14. The van der Waals surface area contributed by atoms with Crippen LogP contribution in [0.1, 0.15) is 30.4 Å². The zero-order valence-electron chi connectivity index (χ0n) is 12.5. The fourth-order valence-corrected chi connectivity index (χ4v) is 2.50. The fraction of sp³-hybridized carbons (Fsp3) is 0.278. The first-order valence-electron chi connectivity index (χ1n) is 7.42. The lowest BCUT2D eigenvalue weighted by molar-refractivity contribution is -0.121. The van der Waals surface area contributed by atoms with Crippen LogP contribution in [0.15, 0.2) is 48.5 Å². The van der Waals surface area contributed by atoms with Crippen LogP contribution < -0.4 is 14.8 Å². The van der Waals surface area contributed by atoms with Crippen LogP contribution in [0.4, 0.5) is 0 Å². The molecule has 1 amide bonds. The van der Waals surface area contributed by atoms with Crippen molar-refractivity contribution in [1.29, 1.82) is 0 Å². The van der Waals surface area contributed by atoms with Crippen molar-refractivity contribution < 1.29 is 14.3 Å². The van der Waals surface area contributed by atoms with E-state index >= 15 is 0 Å². The van der Waals surface area contributed by atoms with Gasteiger partial charge in [-0.25, -0.2) is 0 Å². The Morgan fingerprint density at radius 1 is 1.14 bits per heavy atom. The maximum absolute atomic E-state index is 12.1. The maximum Gasteiger partial charge on any atom is 0.231 e. The molecule has 0 radical (unpaired) electrons. The predicted molar refractivity (Wildman–Crippen MR) is 83.9 cm³/mol. The zero-order valence-corrected chi connectivity index (χ0v) is 12.5. The average Bonchev–Trinajstić information content (AvgIpc) is 3.01. The Kier molecular flexibility index (Phi) is 4.28. The monoisotopic (exact) mass is 297 g/mol. The first kappa shape index (κ1) is 14.4. The molecule has 1 aliphatic heterocycles. The van der Waals surface area contributed by atoms with Crippen LogP contribution in [0.3, 0.4) is 0 Å². The van der Waals surface area contributed by atoms with E-state index in [2.05, 4.69) is 24.4 Å². The number of nitrogens with one attached hydrogen (secondary N) is 1. The van der Waals surface area contributed by atoms with Crippen LogP contribution in [0, 0.1) is 0 Å². The third kappa shape index (κ3) is 3.39. The number of carbonyl (C=O) groups is 1. The highest BCUT2D eigenvalue weighted by atomic mass is 16.7. The molecule has 1 atom stereocenters. The first-order chi connectivity index (χ1) is 10.7. The molecule has 1 heterocycles. The number of benzene rings is 2. The van der Waals surface area contributed by atoms with Crippen LogP contribution >= 0.6 is 0 Å². The van der Waals surface area contributed by atoms with Crippen molar-refractivity contribution in [2.24, 2.45) is 0 Å². The molecule has 0 aromatic heterocycles. The van der Waals surface area contributed by atoms with Gasteiger partial charge in [0.2, 0.25) is 12.7 Å². The minimum absolute atomic E-state index is 0.0500. The number of rotatable bonds is 5. The van der Waals surface area contributed by atoms with E-state index in [9.17, 15) is 4.79 Å². The Hall–Kier alpha value is -2.49. The van der Waals surface area contributed by atoms with Gasteiger partial charge in [-0.05, 0) is 29.2 Å². The van der Waals surface area contributed by atoms with Crippen LogP contribution in [-0.2, 0) is 11.3 Å². The molecule has 0 saturated heterocycles. The molecule has 0 unspecified atom stereocenters. The van der Waals surface area contributed by atoms with Crippen molar-refractivity contribution in [2.75, 3.05) is 6.79 Å². The lowest BCUT2D eigenvalue weighted by Crippen LogP contribution is -2.24. The molecule has 2 aromatic carbocycles. The minimum atomic E-state index is 0.0500. The van der Waals surface area contributed by atoms with Crippen molar-refractivity contribution in [1.82, 2.24) is 5.32 Å². The third-order valence-electron chi connectivity index (χ3n) is 3.79. The quantitative estimate of drug-likeness (QED) is 0.921. The van der Waals surface area contributed by atoms with E-state index in [-0.39, 0.29) is 18.6 Å². The number of ether oxygens (including phenoxy) is 2. The average molecular weight is 297 g/mol. The third-order valence-corrected chi connectivity index (χ3v) is 3.79. The second-order valence-electron chi connectivity index (χ2n) is 5.48. The van der Waals surface area contributed by atoms with Gasteiger partial charge in [0, 0.05) is 13.0 Å². The molecule has 4 heteroatoms. The van der Waals surface area contributed by atoms with Crippen molar-refractivity contribution in [2.45, 2.75) is 25.8 Å². The summed E-state index contributed by atoms with van der Waals surface area (Å²) >= 11 is 0. The molecule has 0 fully saturated rings. The van der Waals surface area contributed by atoms with Gasteiger partial charge in [0.25, 0.3) is 0 Å². The van der Waals surface area contributed by atoms with E-state index in [0.717, 1.165) is 17.1 Å². The fourth-order valence-electron chi connectivity index (χ4n) is 2.50. The molecule has 0 aliphatic carbocycles. The second kappa shape index (κ2) is 6.52. The van der Waals surface area contributed by atoms with E-state index in [1.54, 1.807) is 0 Å². The topological polar surface area (TPSA) is 47.6 Å². The number of hydrogen-bond donors (Lipinski definition) is 1. The van der Waals surface area contributed by atoms with Gasteiger partial charge < -0.3 is 14.8 Å². The summed E-state index contributed by atoms with van der Waals surface area (Å²) in [4.78, 5) is 12.1. The van der Waals surface area contributed by atoms with Gasteiger partial charge in [0.1, 0.15) is 0 Å². The van der Waals surface area contributed by atoms with Gasteiger partial charge in [-0.15, -0.1) is 0 Å². The maximum atomic E-state index is 12.1. The Bertz CT molecular complexity index is 655. The Morgan fingerprint density at radius 3 is 2.73 bits per heavy atom. The normalized spacial score (nSPS) is 13.7. The largest absolute Gasteiger partial charge is 0.454 e. The van der Waals surface area contributed by atoms with E-state index < -0.39 is 0 Å². The molecular weight excluding hydrogens is 278 g/mol. The molecule has 1 N–H and O–H groups in total. The summed E-state index contributed by atoms with van der Waals surface area (Å²) in [6, 6.07) is 15.8. The highest BCUT2D eigenvalue weighted by Crippen LogP contribution is 2.32. The molecule has 22 heavy (non-hydrogen) atoms. The van der Waals surface area contributed by atoms with E-state index in [4.69, 9.17) is 9.47 Å². The molecule has 2 aromatic rings. The molecule has 114 valence electrons. The van der Waals surface area contributed by atoms with Crippen LogP contribution in [0.25, 0.3) is 0 Å². The standard InChI is InChI=1S/C18H19NO3/c1-13(15-5-3-2-4-6-15)9-18(20)19-11-14-7-8-16-17(10-14)22-12-21-16/h2-8,10,13H,9,11-12H2,1H3,(H,19,20)/t13-/m0/s1. The van der Waals surface area contributed by atoms with Crippen molar-refractivity contribution >= 4 is 5.91 Å². The van der Waals surface area contributed by atoms with Gasteiger partial charge in [0.15, 0.2) is 11.5 Å². The summed E-state index contributed by atoms with van der Waals surface area (Å²) in [5, 5.41) is 2.96. The van der Waals surface area contributed by atoms with E-state index in [0.29, 0.717) is 13.0 Å². The molecule has 1 aliphatic rings.